The molecule has 2 N–H and O–H groups in total. The molecule has 0 fully saturated rings. The van der Waals surface area contributed by atoms with Gasteiger partial charge < -0.3 is 14.6 Å². The van der Waals surface area contributed by atoms with Crippen molar-refractivity contribution >= 4 is 34.2 Å². The Morgan fingerprint density at radius 2 is 2.15 bits per heavy atom. The number of aromatic nitrogens is 5. The monoisotopic (exact) mass is 370 g/mol. The van der Waals surface area contributed by atoms with Crippen LogP contribution in [-0.4, -0.2) is 38.8 Å². The van der Waals surface area contributed by atoms with Gasteiger partial charge in [-0.05, 0) is 35.5 Å². The smallest absolute Gasteiger partial charge is 0.278 e. The molecule has 9 nitrogen and oxygen atoms in total. The number of rotatable bonds is 4. The number of benzene rings is 2. The zero-order chi connectivity index (χ0) is 18.1. The Kier molecular flexibility index (Phi) is 3.98. The van der Waals surface area contributed by atoms with Gasteiger partial charge in [-0.3, -0.25) is 4.79 Å². The summed E-state index contributed by atoms with van der Waals surface area (Å²) < 4.78 is 10.4. The first-order valence-electron chi connectivity index (χ1n) is 7.44. The molecule has 2 heterocycles. The number of carbonyl (C=O) groups excluding carboxylic acids is 1. The number of nitrogens with zero attached hydrogens (tertiary/aromatic N) is 4. The van der Waals surface area contributed by atoms with E-state index in [0.29, 0.717) is 38.8 Å². The van der Waals surface area contributed by atoms with E-state index in [4.69, 9.17) is 20.9 Å². The number of hydrogen-bond donors (Lipinski definition) is 2. The van der Waals surface area contributed by atoms with Crippen molar-refractivity contribution in [3.05, 3.63) is 47.1 Å². The van der Waals surface area contributed by atoms with Gasteiger partial charge in [-0.15, -0.1) is 10.2 Å². The topological polar surface area (TPSA) is 119 Å². The van der Waals surface area contributed by atoms with E-state index in [1.807, 2.05) is 0 Å². The molecule has 0 unspecified atom stereocenters. The Labute approximate surface area is 151 Å². The molecule has 26 heavy (non-hydrogen) atoms. The van der Waals surface area contributed by atoms with E-state index >= 15 is 0 Å². The molecule has 0 aliphatic rings. The van der Waals surface area contributed by atoms with Gasteiger partial charge in [0, 0.05) is 16.7 Å². The number of anilines is 1. The van der Waals surface area contributed by atoms with Crippen LogP contribution < -0.4 is 10.1 Å². The van der Waals surface area contributed by atoms with E-state index < -0.39 is 5.91 Å². The maximum atomic E-state index is 12.7. The van der Waals surface area contributed by atoms with Crippen molar-refractivity contribution in [2.45, 2.75) is 0 Å². The van der Waals surface area contributed by atoms with Crippen LogP contribution in [0.5, 0.6) is 5.75 Å². The number of aromatic amines is 1. The number of H-pyrrole nitrogens is 1. The van der Waals surface area contributed by atoms with Crippen LogP contribution in [0.1, 0.15) is 10.5 Å². The van der Waals surface area contributed by atoms with Crippen molar-refractivity contribution in [2.24, 2.45) is 0 Å². The Hall–Kier alpha value is -3.46. The molecule has 1 amide bonds. The van der Waals surface area contributed by atoms with Gasteiger partial charge in [-0.25, -0.2) is 0 Å². The lowest BCUT2D eigenvalue weighted by Gasteiger charge is -2.08. The summed E-state index contributed by atoms with van der Waals surface area (Å²) in [5.41, 5.74) is 1.58. The number of methoxy groups -OCH3 is 1. The number of nitrogens with one attached hydrogen (secondary N) is 2. The standard InChI is InChI=1S/C16H11ClN6O3/c1-25-9-3-4-10-13(7-9)26-21-14(10)16(24)18-12-5-2-8(17)6-11(12)15-19-22-23-20-15/h2-7H,1H3,(H,18,24)(H,19,20,22,23). The van der Waals surface area contributed by atoms with Gasteiger partial charge in [0.1, 0.15) is 5.75 Å². The maximum absolute atomic E-state index is 12.7. The largest absolute Gasteiger partial charge is 0.497 e. The lowest BCUT2D eigenvalue weighted by Crippen LogP contribution is -2.13. The number of carbonyl (C=O) groups is 1. The summed E-state index contributed by atoms with van der Waals surface area (Å²) in [5, 5.41) is 21.4. The Morgan fingerprint density at radius 3 is 2.92 bits per heavy atom. The van der Waals surface area contributed by atoms with E-state index in [-0.39, 0.29) is 5.69 Å². The van der Waals surface area contributed by atoms with E-state index in [1.165, 1.54) is 0 Å². The number of hydrogen-bond acceptors (Lipinski definition) is 7. The average Bonchev–Trinajstić information content (AvgIpc) is 3.32. The van der Waals surface area contributed by atoms with Crippen molar-refractivity contribution in [3.8, 4) is 17.1 Å². The van der Waals surface area contributed by atoms with Crippen molar-refractivity contribution in [1.82, 2.24) is 25.8 Å². The molecule has 0 saturated heterocycles. The van der Waals surface area contributed by atoms with Gasteiger partial charge in [0.25, 0.3) is 5.91 Å². The van der Waals surface area contributed by atoms with Crippen LogP contribution in [-0.2, 0) is 0 Å². The molecular weight excluding hydrogens is 360 g/mol. The normalized spacial score (nSPS) is 10.8. The predicted octanol–water partition coefficient (Wildman–Crippen LogP) is 2.92. The Bertz CT molecular complexity index is 1090. The van der Waals surface area contributed by atoms with E-state index in [2.05, 4.69) is 31.1 Å². The minimum absolute atomic E-state index is 0.150. The number of ether oxygens (including phenoxy) is 1. The first-order chi connectivity index (χ1) is 12.7. The third kappa shape index (κ3) is 2.84. The van der Waals surface area contributed by atoms with Crippen LogP contribution in [0.2, 0.25) is 5.02 Å². The molecule has 0 saturated carbocycles. The van der Waals surface area contributed by atoms with E-state index in [1.54, 1.807) is 43.5 Å². The van der Waals surface area contributed by atoms with Crippen LogP contribution in [0, 0.1) is 0 Å². The molecule has 0 radical (unpaired) electrons. The molecule has 4 aromatic rings. The lowest BCUT2D eigenvalue weighted by molar-refractivity contribution is 0.102. The third-order valence-corrected chi connectivity index (χ3v) is 3.95. The second kappa shape index (κ2) is 6.45. The summed E-state index contributed by atoms with van der Waals surface area (Å²) in [6.07, 6.45) is 0. The SMILES string of the molecule is COc1ccc2c(C(=O)Nc3ccc(Cl)cc3-c3nn[nH]n3)noc2c1. The highest BCUT2D eigenvalue weighted by molar-refractivity contribution is 6.31. The van der Waals surface area contributed by atoms with E-state index in [0.717, 1.165) is 0 Å². The van der Waals surface area contributed by atoms with Crippen molar-refractivity contribution in [2.75, 3.05) is 12.4 Å². The van der Waals surface area contributed by atoms with Crippen molar-refractivity contribution in [1.29, 1.82) is 0 Å². The summed E-state index contributed by atoms with van der Waals surface area (Å²) in [7, 11) is 1.55. The van der Waals surface area contributed by atoms with Gasteiger partial charge in [0.15, 0.2) is 11.3 Å². The van der Waals surface area contributed by atoms with Crippen molar-refractivity contribution < 1.29 is 14.1 Å². The number of tetrazole rings is 1. The minimum Gasteiger partial charge on any atom is -0.497 e. The molecule has 0 aliphatic heterocycles. The minimum atomic E-state index is -0.444. The summed E-state index contributed by atoms with van der Waals surface area (Å²) in [6.45, 7) is 0. The number of halogens is 1. The van der Waals surface area contributed by atoms with Crippen LogP contribution in [0.3, 0.4) is 0 Å². The first kappa shape index (κ1) is 16.0. The summed E-state index contributed by atoms with van der Waals surface area (Å²) >= 11 is 6.04. The fourth-order valence-corrected chi connectivity index (χ4v) is 2.65. The molecule has 4 rings (SSSR count). The lowest BCUT2D eigenvalue weighted by atomic mass is 10.1. The summed E-state index contributed by atoms with van der Waals surface area (Å²) in [6, 6.07) is 10.0. The molecule has 10 heteroatoms. The average molecular weight is 371 g/mol. The Balaban J connectivity index is 1.69. The van der Waals surface area contributed by atoms with Gasteiger partial charge in [-0.2, -0.15) is 5.21 Å². The fourth-order valence-electron chi connectivity index (χ4n) is 2.48. The predicted molar refractivity (Wildman–Crippen MR) is 93.1 cm³/mol. The molecule has 0 spiro atoms. The van der Waals surface area contributed by atoms with Gasteiger partial charge in [0.2, 0.25) is 5.82 Å². The molecule has 2 aromatic carbocycles. The molecule has 0 bridgehead atoms. The highest BCUT2D eigenvalue weighted by atomic mass is 35.5. The highest BCUT2D eigenvalue weighted by Crippen LogP contribution is 2.29. The maximum Gasteiger partial charge on any atom is 0.278 e. The zero-order valence-electron chi connectivity index (χ0n) is 13.4. The second-order valence-corrected chi connectivity index (χ2v) is 5.71. The van der Waals surface area contributed by atoms with Crippen LogP contribution in [0.25, 0.3) is 22.4 Å². The molecule has 0 aliphatic carbocycles. The number of amides is 1. The Morgan fingerprint density at radius 1 is 1.27 bits per heavy atom. The van der Waals surface area contributed by atoms with Crippen LogP contribution in [0.4, 0.5) is 5.69 Å². The van der Waals surface area contributed by atoms with E-state index in [9.17, 15) is 4.79 Å². The zero-order valence-corrected chi connectivity index (χ0v) is 14.1. The van der Waals surface area contributed by atoms with Crippen LogP contribution >= 0.6 is 11.6 Å². The molecule has 130 valence electrons. The quantitative estimate of drug-likeness (QED) is 0.566. The second-order valence-electron chi connectivity index (χ2n) is 5.27. The molecule has 0 atom stereocenters. The summed E-state index contributed by atoms with van der Waals surface area (Å²) in [5.74, 6) is 0.469. The van der Waals surface area contributed by atoms with Gasteiger partial charge in [0.05, 0.1) is 18.2 Å². The summed E-state index contributed by atoms with van der Waals surface area (Å²) in [4.78, 5) is 12.7. The third-order valence-electron chi connectivity index (χ3n) is 3.71. The van der Waals surface area contributed by atoms with Gasteiger partial charge in [-0.1, -0.05) is 16.8 Å². The fraction of sp³-hybridized carbons (Fsp3) is 0.0625. The number of fused-ring (bicyclic) bond motifs is 1. The molecular formula is C16H11ClN6O3. The molecule has 2 aromatic heterocycles. The highest BCUT2D eigenvalue weighted by Gasteiger charge is 2.19. The first-order valence-corrected chi connectivity index (χ1v) is 7.81. The van der Waals surface area contributed by atoms with Gasteiger partial charge >= 0.3 is 0 Å². The van der Waals surface area contributed by atoms with Crippen LogP contribution in [0.15, 0.2) is 40.9 Å². The van der Waals surface area contributed by atoms with Crippen molar-refractivity contribution in [3.63, 3.8) is 0 Å².